The fourth-order valence-corrected chi connectivity index (χ4v) is 3.53. The summed E-state index contributed by atoms with van der Waals surface area (Å²) in [5.41, 5.74) is 0. The lowest BCUT2D eigenvalue weighted by Crippen LogP contribution is -2.35. The van der Waals surface area contributed by atoms with Gasteiger partial charge in [-0.25, -0.2) is 0 Å². The normalized spacial score (nSPS) is 31.9. The van der Waals surface area contributed by atoms with Crippen molar-refractivity contribution in [1.82, 2.24) is 10.2 Å². The van der Waals surface area contributed by atoms with Crippen molar-refractivity contribution in [2.75, 3.05) is 20.1 Å². The van der Waals surface area contributed by atoms with Crippen LogP contribution in [0.5, 0.6) is 0 Å². The zero-order chi connectivity index (χ0) is 12.3. The number of nitrogens with one attached hydrogen (secondary N) is 1. The zero-order valence-electron chi connectivity index (χ0n) is 11.9. The van der Waals surface area contributed by atoms with Crippen LogP contribution in [0.4, 0.5) is 0 Å². The van der Waals surface area contributed by atoms with Crippen molar-refractivity contribution < 1.29 is 0 Å². The lowest BCUT2D eigenvalue weighted by molar-refractivity contribution is 0.265. The van der Waals surface area contributed by atoms with Gasteiger partial charge in [0.05, 0.1) is 0 Å². The van der Waals surface area contributed by atoms with E-state index >= 15 is 0 Å². The molecule has 0 spiro atoms. The Hall–Kier alpha value is -0.0800. The molecule has 0 saturated heterocycles. The van der Waals surface area contributed by atoms with E-state index < -0.39 is 0 Å². The quantitative estimate of drug-likeness (QED) is 0.686. The molecule has 0 aromatic carbocycles. The van der Waals surface area contributed by atoms with Crippen molar-refractivity contribution >= 4 is 0 Å². The molecule has 2 saturated carbocycles. The minimum absolute atomic E-state index is 0.688. The average molecular weight is 238 g/mol. The molecule has 2 nitrogen and oxygen atoms in total. The molecule has 0 aromatic rings. The lowest BCUT2D eigenvalue weighted by atomic mass is 9.95. The summed E-state index contributed by atoms with van der Waals surface area (Å²) in [5, 5.41) is 3.80. The summed E-state index contributed by atoms with van der Waals surface area (Å²) in [4.78, 5) is 2.44. The van der Waals surface area contributed by atoms with E-state index in [1.807, 2.05) is 0 Å². The molecular weight excluding hydrogens is 208 g/mol. The van der Waals surface area contributed by atoms with Crippen LogP contribution in [0.1, 0.15) is 52.4 Å². The van der Waals surface area contributed by atoms with E-state index in [0.29, 0.717) is 6.04 Å². The highest BCUT2D eigenvalue weighted by atomic mass is 15.1. The molecule has 0 radical (unpaired) electrons. The highest BCUT2D eigenvalue weighted by molar-refractivity contribution is 4.93. The van der Waals surface area contributed by atoms with E-state index in [2.05, 4.69) is 31.1 Å². The van der Waals surface area contributed by atoms with Crippen LogP contribution in [-0.2, 0) is 0 Å². The summed E-state index contributed by atoms with van der Waals surface area (Å²) in [6.07, 6.45) is 8.68. The highest BCUT2D eigenvalue weighted by Crippen LogP contribution is 2.44. The van der Waals surface area contributed by atoms with Gasteiger partial charge in [-0.2, -0.15) is 0 Å². The Morgan fingerprint density at radius 1 is 1.18 bits per heavy atom. The van der Waals surface area contributed by atoms with Crippen LogP contribution < -0.4 is 5.32 Å². The van der Waals surface area contributed by atoms with E-state index in [-0.39, 0.29) is 0 Å². The summed E-state index contributed by atoms with van der Waals surface area (Å²) in [7, 11) is 2.23. The van der Waals surface area contributed by atoms with Crippen LogP contribution in [0.2, 0.25) is 0 Å². The van der Waals surface area contributed by atoms with Gasteiger partial charge in [0.25, 0.3) is 0 Å². The molecule has 0 heterocycles. The molecule has 0 aromatic heterocycles. The van der Waals surface area contributed by atoms with Crippen molar-refractivity contribution in [2.24, 2.45) is 11.8 Å². The number of fused-ring (bicyclic) bond motifs is 2. The molecule has 0 aliphatic heterocycles. The van der Waals surface area contributed by atoms with Gasteiger partial charge in [-0.05, 0) is 77.9 Å². The highest BCUT2D eigenvalue weighted by Gasteiger charge is 2.38. The first-order chi connectivity index (χ1) is 8.16. The molecule has 2 fully saturated rings. The van der Waals surface area contributed by atoms with Gasteiger partial charge < -0.3 is 10.2 Å². The summed E-state index contributed by atoms with van der Waals surface area (Å²) >= 11 is 0. The maximum absolute atomic E-state index is 3.80. The Morgan fingerprint density at radius 2 is 2.00 bits per heavy atom. The van der Waals surface area contributed by atoms with Crippen LogP contribution in [-0.4, -0.2) is 37.1 Å². The van der Waals surface area contributed by atoms with Crippen molar-refractivity contribution in [3.63, 3.8) is 0 Å². The second-order valence-corrected chi connectivity index (χ2v) is 6.52. The molecule has 2 rings (SSSR count). The fourth-order valence-electron chi connectivity index (χ4n) is 3.53. The Kier molecular flexibility index (Phi) is 4.87. The third-order valence-electron chi connectivity index (χ3n) is 4.96. The Morgan fingerprint density at radius 3 is 2.59 bits per heavy atom. The van der Waals surface area contributed by atoms with E-state index in [0.717, 1.165) is 17.9 Å². The summed E-state index contributed by atoms with van der Waals surface area (Å²) in [5.74, 6) is 2.10. The van der Waals surface area contributed by atoms with Crippen LogP contribution in [0.3, 0.4) is 0 Å². The predicted molar refractivity (Wildman–Crippen MR) is 74.2 cm³/mol. The van der Waals surface area contributed by atoms with E-state index in [4.69, 9.17) is 0 Å². The van der Waals surface area contributed by atoms with Crippen molar-refractivity contribution in [1.29, 1.82) is 0 Å². The summed E-state index contributed by atoms with van der Waals surface area (Å²) in [6, 6.07) is 1.56. The van der Waals surface area contributed by atoms with Crippen LogP contribution in [0.25, 0.3) is 0 Å². The third kappa shape index (κ3) is 3.69. The second kappa shape index (κ2) is 6.19. The Bertz CT molecular complexity index is 227. The maximum atomic E-state index is 3.80. The SMILES string of the molecule is CC(C)N(C)CCCCNC1CC2CCC1C2. The number of nitrogens with zero attached hydrogens (tertiary/aromatic N) is 1. The van der Waals surface area contributed by atoms with Gasteiger partial charge in [0.1, 0.15) is 0 Å². The van der Waals surface area contributed by atoms with Crippen LogP contribution in [0, 0.1) is 11.8 Å². The topological polar surface area (TPSA) is 15.3 Å². The molecular formula is C15H30N2. The van der Waals surface area contributed by atoms with Crippen LogP contribution in [0.15, 0.2) is 0 Å². The maximum Gasteiger partial charge on any atom is 0.00980 e. The first-order valence-electron chi connectivity index (χ1n) is 7.60. The van der Waals surface area contributed by atoms with Crippen molar-refractivity contribution in [3.8, 4) is 0 Å². The average Bonchev–Trinajstić information content (AvgIpc) is 2.90. The summed E-state index contributed by atoms with van der Waals surface area (Å²) in [6.45, 7) is 7.02. The first kappa shape index (κ1) is 13.4. The second-order valence-electron chi connectivity index (χ2n) is 6.52. The molecule has 2 aliphatic carbocycles. The fraction of sp³-hybridized carbons (Fsp3) is 1.00. The minimum Gasteiger partial charge on any atom is -0.314 e. The summed E-state index contributed by atoms with van der Waals surface area (Å²) < 4.78 is 0. The molecule has 1 N–H and O–H groups in total. The standard InChI is InChI=1S/C15H30N2/c1-12(2)17(3)9-5-4-8-16-15-11-13-6-7-14(15)10-13/h12-16H,4-11H2,1-3H3. The van der Waals surface area contributed by atoms with Gasteiger partial charge in [0.15, 0.2) is 0 Å². The Balaban J connectivity index is 1.49. The first-order valence-corrected chi connectivity index (χ1v) is 7.60. The zero-order valence-corrected chi connectivity index (χ0v) is 11.9. The van der Waals surface area contributed by atoms with E-state index in [1.165, 1.54) is 51.6 Å². The molecule has 17 heavy (non-hydrogen) atoms. The smallest absolute Gasteiger partial charge is 0.00980 e. The molecule has 2 heteroatoms. The van der Waals surface area contributed by atoms with Gasteiger partial charge >= 0.3 is 0 Å². The predicted octanol–water partition coefficient (Wildman–Crippen LogP) is 2.89. The molecule has 3 atom stereocenters. The number of hydrogen-bond acceptors (Lipinski definition) is 2. The molecule has 2 aliphatic rings. The monoisotopic (exact) mass is 238 g/mol. The molecule has 3 unspecified atom stereocenters. The van der Waals surface area contributed by atoms with Gasteiger partial charge in [-0.3, -0.25) is 0 Å². The minimum atomic E-state index is 0.688. The van der Waals surface area contributed by atoms with Crippen molar-refractivity contribution in [2.45, 2.75) is 64.5 Å². The van der Waals surface area contributed by atoms with Crippen molar-refractivity contribution in [3.05, 3.63) is 0 Å². The van der Waals surface area contributed by atoms with Gasteiger partial charge in [0.2, 0.25) is 0 Å². The molecule has 2 bridgehead atoms. The Labute approximate surface area is 107 Å². The molecule has 0 amide bonds. The third-order valence-corrected chi connectivity index (χ3v) is 4.96. The largest absolute Gasteiger partial charge is 0.314 e. The number of hydrogen-bond donors (Lipinski definition) is 1. The number of rotatable bonds is 7. The number of unbranched alkanes of at least 4 members (excludes halogenated alkanes) is 1. The van der Waals surface area contributed by atoms with Crippen LogP contribution >= 0.6 is 0 Å². The lowest BCUT2D eigenvalue weighted by Gasteiger charge is -2.24. The van der Waals surface area contributed by atoms with E-state index in [9.17, 15) is 0 Å². The van der Waals surface area contributed by atoms with Gasteiger partial charge in [0, 0.05) is 12.1 Å². The molecule has 100 valence electrons. The van der Waals surface area contributed by atoms with Gasteiger partial charge in [-0.1, -0.05) is 6.42 Å². The van der Waals surface area contributed by atoms with Gasteiger partial charge in [-0.15, -0.1) is 0 Å². The van der Waals surface area contributed by atoms with E-state index in [1.54, 1.807) is 0 Å².